The van der Waals surface area contributed by atoms with E-state index in [-0.39, 0.29) is 10.7 Å². The first-order chi connectivity index (χ1) is 15.1. The molecule has 1 unspecified atom stereocenters. The first-order valence-electron chi connectivity index (χ1n) is 9.91. The number of benzene rings is 1. The highest BCUT2D eigenvalue weighted by atomic mass is 32.2. The Hall–Kier alpha value is -2.95. The average molecular weight is 471 g/mol. The fourth-order valence-electron chi connectivity index (χ4n) is 3.17. The number of nitrogens with one attached hydrogen (secondary N) is 2. The van der Waals surface area contributed by atoms with Crippen molar-refractivity contribution in [3.05, 3.63) is 41.0 Å². The second kappa shape index (κ2) is 10.6. The van der Waals surface area contributed by atoms with Gasteiger partial charge < -0.3 is 10.1 Å². The molecular formula is C21H25F3N4O3S. The molecule has 174 valence electrons. The van der Waals surface area contributed by atoms with Gasteiger partial charge in [0.25, 0.3) is 5.91 Å². The summed E-state index contributed by atoms with van der Waals surface area (Å²) >= 11 is 1.02. The summed E-state index contributed by atoms with van der Waals surface area (Å²) in [6.45, 7) is 7.10. The molecule has 2 heterocycles. The van der Waals surface area contributed by atoms with Gasteiger partial charge in [-0.1, -0.05) is 31.7 Å². The van der Waals surface area contributed by atoms with E-state index >= 15 is 0 Å². The van der Waals surface area contributed by atoms with Gasteiger partial charge >= 0.3 is 6.36 Å². The van der Waals surface area contributed by atoms with E-state index in [2.05, 4.69) is 20.5 Å². The molecule has 11 heteroatoms. The Bertz CT molecular complexity index is 974. The Labute approximate surface area is 188 Å². The van der Waals surface area contributed by atoms with Crippen LogP contribution in [0.2, 0.25) is 0 Å². The van der Waals surface area contributed by atoms with Gasteiger partial charge in [0.05, 0.1) is 16.3 Å². The molecule has 2 aliphatic rings. The van der Waals surface area contributed by atoms with E-state index < -0.39 is 24.2 Å². The number of alkyl halides is 3. The number of amides is 2. The summed E-state index contributed by atoms with van der Waals surface area (Å²) in [5.74, 6) is -1.29. The number of rotatable bonds is 4. The van der Waals surface area contributed by atoms with Crippen LogP contribution in [0.3, 0.4) is 0 Å². The topological polar surface area (TPSA) is 83.0 Å². The van der Waals surface area contributed by atoms with Gasteiger partial charge in [-0.3, -0.25) is 20.0 Å². The van der Waals surface area contributed by atoms with Crippen LogP contribution in [-0.2, 0) is 9.59 Å². The number of hydrogen-bond donors (Lipinski definition) is 2. The van der Waals surface area contributed by atoms with Crippen molar-refractivity contribution in [1.29, 1.82) is 0 Å². The summed E-state index contributed by atoms with van der Waals surface area (Å²) in [5, 5.41) is 4.33. The van der Waals surface area contributed by atoms with Crippen LogP contribution in [0.4, 0.5) is 18.9 Å². The lowest BCUT2D eigenvalue weighted by molar-refractivity contribution is -0.274. The van der Waals surface area contributed by atoms with Crippen molar-refractivity contribution < 1.29 is 27.5 Å². The van der Waals surface area contributed by atoms with Crippen molar-refractivity contribution in [3.8, 4) is 5.75 Å². The van der Waals surface area contributed by atoms with Crippen LogP contribution in [0.5, 0.6) is 5.75 Å². The normalized spacial score (nSPS) is 18.4. The summed E-state index contributed by atoms with van der Waals surface area (Å²) in [4.78, 5) is 29.8. The van der Waals surface area contributed by atoms with E-state index in [0.29, 0.717) is 28.4 Å². The molecule has 2 amide bonds. The maximum absolute atomic E-state index is 13.2. The van der Waals surface area contributed by atoms with E-state index in [4.69, 9.17) is 0 Å². The Kier molecular flexibility index (Phi) is 8.37. The van der Waals surface area contributed by atoms with Gasteiger partial charge in [0.1, 0.15) is 11.8 Å². The third-order valence-electron chi connectivity index (χ3n) is 4.30. The van der Waals surface area contributed by atoms with Gasteiger partial charge in [0, 0.05) is 31.0 Å². The molecule has 0 bridgehead atoms. The molecule has 7 nitrogen and oxygen atoms in total. The molecule has 1 atom stereocenters. The van der Waals surface area contributed by atoms with Crippen LogP contribution >= 0.6 is 11.8 Å². The van der Waals surface area contributed by atoms with Gasteiger partial charge in [0.15, 0.2) is 0 Å². The lowest BCUT2D eigenvalue weighted by atomic mass is 10.00. The molecule has 0 radical (unpaired) electrons. The second-order valence-corrected chi connectivity index (χ2v) is 7.50. The number of halogens is 3. The molecule has 1 aromatic carbocycles. The highest BCUT2D eigenvalue weighted by molar-refractivity contribution is 8.04. The second-order valence-electron chi connectivity index (χ2n) is 6.45. The molecular weight excluding hydrogens is 445 g/mol. The monoisotopic (exact) mass is 470 g/mol. The van der Waals surface area contributed by atoms with Crippen LogP contribution < -0.4 is 15.5 Å². The van der Waals surface area contributed by atoms with E-state index in [0.717, 1.165) is 11.8 Å². The first kappa shape index (κ1) is 25.3. The first-order valence-corrected chi connectivity index (χ1v) is 10.7. The molecule has 2 aliphatic heterocycles. The van der Waals surface area contributed by atoms with Crippen LogP contribution in [-0.4, -0.2) is 42.0 Å². The number of carbonyl (C=O) groups is 2. The highest BCUT2D eigenvalue weighted by Gasteiger charge is 2.40. The van der Waals surface area contributed by atoms with Gasteiger partial charge in [-0.05, 0) is 31.2 Å². The zero-order chi connectivity index (χ0) is 24.1. The molecule has 0 fully saturated rings. The number of nitrogens with zero attached hydrogens (tertiary/aromatic N) is 2. The number of fused-ring (bicyclic) bond motifs is 1. The zero-order valence-corrected chi connectivity index (χ0v) is 19.1. The van der Waals surface area contributed by atoms with Crippen LogP contribution in [0.1, 0.15) is 34.1 Å². The van der Waals surface area contributed by atoms with Crippen molar-refractivity contribution in [2.24, 2.45) is 4.99 Å². The van der Waals surface area contributed by atoms with Crippen molar-refractivity contribution in [2.45, 2.75) is 51.4 Å². The number of thioether (sulfide) groups is 1. The van der Waals surface area contributed by atoms with Gasteiger partial charge in [-0.2, -0.15) is 0 Å². The largest absolute Gasteiger partial charge is 0.573 e. The van der Waals surface area contributed by atoms with Crippen molar-refractivity contribution in [1.82, 2.24) is 10.4 Å². The Morgan fingerprint density at radius 3 is 2.62 bits per heavy atom. The Balaban J connectivity index is 0.00000176. The lowest BCUT2D eigenvalue weighted by Gasteiger charge is -2.39. The quantitative estimate of drug-likeness (QED) is 0.627. The van der Waals surface area contributed by atoms with E-state index in [1.807, 2.05) is 20.8 Å². The molecule has 3 rings (SSSR count). The Morgan fingerprint density at radius 1 is 1.38 bits per heavy atom. The SMILES string of the molecule is C/C=C\C(=NC)C1CC2=C(Sc3cc(OC(F)(F)F)ccc3N2)C(=O)N1NC(C)=O.CC. The molecule has 0 saturated carbocycles. The summed E-state index contributed by atoms with van der Waals surface area (Å²) in [5.41, 5.74) is 4.30. The third kappa shape index (κ3) is 5.84. The number of hydrogen-bond acceptors (Lipinski definition) is 6. The van der Waals surface area contributed by atoms with Crippen molar-refractivity contribution >= 4 is 35.0 Å². The fraction of sp³-hybridized carbons (Fsp3) is 0.381. The number of ether oxygens (including phenoxy) is 1. The lowest BCUT2D eigenvalue weighted by Crippen LogP contribution is -2.57. The summed E-state index contributed by atoms with van der Waals surface area (Å²) < 4.78 is 41.5. The zero-order valence-electron chi connectivity index (χ0n) is 18.3. The molecule has 2 N–H and O–H groups in total. The summed E-state index contributed by atoms with van der Waals surface area (Å²) in [6.07, 6.45) is -0.942. The van der Waals surface area contributed by atoms with Crippen LogP contribution in [0.25, 0.3) is 0 Å². The van der Waals surface area contributed by atoms with E-state index in [1.165, 1.54) is 30.1 Å². The van der Waals surface area contributed by atoms with Crippen molar-refractivity contribution in [2.75, 3.05) is 12.4 Å². The maximum Gasteiger partial charge on any atom is 0.573 e. The highest BCUT2D eigenvalue weighted by Crippen LogP contribution is 2.45. The predicted octanol–water partition coefficient (Wildman–Crippen LogP) is 4.64. The molecule has 32 heavy (non-hydrogen) atoms. The minimum absolute atomic E-state index is 0.285. The number of carbonyl (C=O) groups excluding carboxylic acids is 2. The maximum atomic E-state index is 13.2. The van der Waals surface area contributed by atoms with Crippen LogP contribution in [0.15, 0.2) is 50.8 Å². The number of allylic oxidation sites excluding steroid dienone is 1. The minimum Gasteiger partial charge on any atom is -0.406 e. The Morgan fingerprint density at radius 2 is 2.06 bits per heavy atom. The number of hydrazine groups is 1. The minimum atomic E-state index is -4.82. The number of anilines is 1. The molecule has 0 aromatic heterocycles. The van der Waals surface area contributed by atoms with Gasteiger partial charge in [0.2, 0.25) is 5.91 Å². The fourth-order valence-corrected chi connectivity index (χ4v) is 4.24. The van der Waals surface area contributed by atoms with Gasteiger partial charge in [-0.15, -0.1) is 13.2 Å². The summed E-state index contributed by atoms with van der Waals surface area (Å²) in [6, 6.07) is 3.35. The van der Waals surface area contributed by atoms with Gasteiger partial charge in [-0.25, -0.2) is 5.01 Å². The predicted molar refractivity (Wildman–Crippen MR) is 118 cm³/mol. The van der Waals surface area contributed by atoms with E-state index in [9.17, 15) is 22.8 Å². The van der Waals surface area contributed by atoms with Crippen LogP contribution in [0, 0.1) is 0 Å². The molecule has 0 saturated heterocycles. The van der Waals surface area contributed by atoms with Crippen molar-refractivity contribution in [3.63, 3.8) is 0 Å². The molecule has 1 aromatic rings. The third-order valence-corrected chi connectivity index (χ3v) is 5.48. The summed E-state index contributed by atoms with van der Waals surface area (Å²) in [7, 11) is 1.59. The van der Waals surface area contributed by atoms with E-state index in [1.54, 1.807) is 19.2 Å². The average Bonchev–Trinajstić information content (AvgIpc) is 2.73. The standard InChI is InChI=1S/C19H19F3N4O3S.C2H6/c1-4-5-12(23-3)15-9-14-17(18(28)26(15)25-10(2)27)30-16-8-11(29-19(20,21)22)6-7-13(16)24-14;1-2/h4-8,15,24H,9H2,1-3H3,(H,25,27);1-2H3/b5-4-,23-12?;. The molecule has 0 spiro atoms. The number of aliphatic imine (C=N–C) groups is 1. The smallest absolute Gasteiger partial charge is 0.406 e. The molecule has 0 aliphatic carbocycles.